The maximum absolute atomic E-state index is 12.9. The summed E-state index contributed by atoms with van der Waals surface area (Å²) in [5.74, 6) is 0.225. The Kier molecular flexibility index (Phi) is 5.75. The van der Waals surface area contributed by atoms with Crippen molar-refractivity contribution in [1.29, 1.82) is 0 Å². The molecular formula is C24H22N4O3. The fraction of sp³-hybridized carbons (Fsp3) is 0.167. The van der Waals surface area contributed by atoms with Crippen LogP contribution in [-0.4, -0.2) is 20.6 Å². The molecule has 31 heavy (non-hydrogen) atoms. The van der Waals surface area contributed by atoms with E-state index in [0.717, 1.165) is 23.1 Å². The number of rotatable bonds is 6. The minimum atomic E-state index is -0.376. The van der Waals surface area contributed by atoms with E-state index in [0.29, 0.717) is 11.5 Å². The maximum Gasteiger partial charge on any atom is 0.263 e. The molecule has 0 bridgehead atoms. The fourth-order valence-electron chi connectivity index (χ4n) is 3.20. The number of hydrogen-bond donors (Lipinski definition) is 1. The van der Waals surface area contributed by atoms with Gasteiger partial charge in [0.25, 0.3) is 11.4 Å². The molecule has 0 saturated carbocycles. The summed E-state index contributed by atoms with van der Waals surface area (Å²) >= 11 is 0. The molecule has 0 radical (unpaired) electrons. The molecule has 156 valence electrons. The van der Waals surface area contributed by atoms with Gasteiger partial charge in [-0.15, -0.1) is 0 Å². The number of aromatic nitrogens is 3. The molecule has 2 heterocycles. The second kappa shape index (κ2) is 8.79. The molecule has 0 aliphatic heterocycles. The average Bonchev–Trinajstić information content (AvgIpc) is 3.26. The first kappa shape index (κ1) is 20.3. The van der Waals surface area contributed by atoms with Gasteiger partial charge >= 0.3 is 0 Å². The smallest absolute Gasteiger partial charge is 0.263 e. The van der Waals surface area contributed by atoms with Gasteiger partial charge in [0.2, 0.25) is 11.7 Å². The van der Waals surface area contributed by atoms with E-state index < -0.39 is 0 Å². The van der Waals surface area contributed by atoms with Crippen LogP contribution in [0.15, 0.2) is 76.2 Å². The number of pyridine rings is 1. The number of anilines is 1. The molecule has 0 fully saturated rings. The van der Waals surface area contributed by atoms with Crippen molar-refractivity contribution in [2.45, 2.75) is 26.8 Å². The van der Waals surface area contributed by atoms with Crippen LogP contribution in [0.3, 0.4) is 0 Å². The maximum atomic E-state index is 12.9. The number of carbonyl (C=O) groups excluding carboxylic acids is 1. The molecule has 1 N–H and O–H groups in total. The predicted octanol–water partition coefficient (Wildman–Crippen LogP) is 4.07. The van der Waals surface area contributed by atoms with E-state index in [1.54, 1.807) is 18.3 Å². The van der Waals surface area contributed by atoms with Crippen molar-refractivity contribution in [3.8, 4) is 22.8 Å². The molecule has 0 aliphatic rings. The SMILES string of the molecule is CCc1cccc(NC(=O)Cn2cccc(-c3nc(-c4ccc(C)cc4)no3)c2=O)c1. The van der Waals surface area contributed by atoms with Gasteiger partial charge in [0.1, 0.15) is 12.1 Å². The molecule has 2 aromatic carbocycles. The van der Waals surface area contributed by atoms with Crippen LogP contribution in [0.5, 0.6) is 0 Å². The molecule has 7 nitrogen and oxygen atoms in total. The number of carbonyl (C=O) groups is 1. The van der Waals surface area contributed by atoms with Gasteiger partial charge in [-0.05, 0) is 43.2 Å². The zero-order valence-corrected chi connectivity index (χ0v) is 17.3. The third kappa shape index (κ3) is 4.61. The number of nitrogens with one attached hydrogen (secondary N) is 1. The molecule has 0 spiro atoms. The number of benzene rings is 2. The van der Waals surface area contributed by atoms with Gasteiger partial charge in [-0.2, -0.15) is 4.98 Å². The number of aryl methyl sites for hydroxylation is 2. The minimum Gasteiger partial charge on any atom is -0.333 e. The van der Waals surface area contributed by atoms with Crippen LogP contribution >= 0.6 is 0 Å². The van der Waals surface area contributed by atoms with Crippen molar-refractivity contribution in [3.63, 3.8) is 0 Å². The molecule has 0 unspecified atom stereocenters. The Labute approximate surface area is 179 Å². The third-order valence-electron chi connectivity index (χ3n) is 4.92. The average molecular weight is 414 g/mol. The quantitative estimate of drug-likeness (QED) is 0.514. The molecule has 1 amide bonds. The lowest BCUT2D eigenvalue weighted by atomic mass is 10.1. The standard InChI is InChI=1S/C24H22N4O3/c1-3-17-6-4-7-19(14-17)25-21(29)15-28-13-5-8-20(24(28)30)23-26-22(27-31-23)18-11-9-16(2)10-12-18/h4-14H,3,15H2,1-2H3,(H,25,29). The van der Waals surface area contributed by atoms with Gasteiger partial charge in [-0.25, -0.2) is 0 Å². The van der Waals surface area contributed by atoms with Crippen molar-refractivity contribution in [1.82, 2.24) is 14.7 Å². The Morgan fingerprint density at radius 3 is 2.68 bits per heavy atom. The van der Waals surface area contributed by atoms with Crippen molar-refractivity contribution >= 4 is 11.6 Å². The molecule has 4 rings (SSSR count). The minimum absolute atomic E-state index is 0.117. The monoisotopic (exact) mass is 414 g/mol. The number of hydrogen-bond acceptors (Lipinski definition) is 5. The first-order chi connectivity index (χ1) is 15.0. The highest BCUT2D eigenvalue weighted by atomic mass is 16.5. The zero-order valence-electron chi connectivity index (χ0n) is 17.3. The third-order valence-corrected chi connectivity index (χ3v) is 4.92. The van der Waals surface area contributed by atoms with Gasteiger partial charge in [0, 0.05) is 17.4 Å². The fourth-order valence-corrected chi connectivity index (χ4v) is 3.20. The zero-order chi connectivity index (χ0) is 21.8. The van der Waals surface area contributed by atoms with Gasteiger partial charge in [-0.1, -0.05) is 54.0 Å². The molecule has 0 atom stereocenters. The Morgan fingerprint density at radius 1 is 1.10 bits per heavy atom. The van der Waals surface area contributed by atoms with Crippen LogP contribution in [0.1, 0.15) is 18.1 Å². The summed E-state index contributed by atoms with van der Waals surface area (Å²) in [5.41, 5.74) is 3.61. The highest BCUT2D eigenvalue weighted by Gasteiger charge is 2.16. The lowest BCUT2D eigenvalue weighted by Crippen LogP contribution is -2.28. The summed E-state index contributed by atoms with van der Waals surface area (Å²) in [6.45, 7) is 3.92. The van der Waals surface area contributed by atoms with Gasteiger partial charge in [0.15, 0.2) is 0 Å². The Hall–Kier alpha value is -4.00. The lowest BCUT2D eigenvalue weighted by molar-refractivity contribution is -0.116. The van der Waals surface area contributed by atoms with Crippen LogP contribution in [0, 0.1) is 6.92 Å². The predicted molar refractivity (Wildman–Crippen MR) is 119 cm³/mol. The van der Waals surface area contributed by atoms with E-state index in [1.165, 1.54) is 4.57 Å². The highest BCUT2D eigenvalue weighted by molar-refractivity contribution is 5.90. The summed E-state index contributed by atoms with van der Waals surface area (Å²) in [7, 11) is 0. The summed E-state index contributed by atoms with van der Waals surface area (Å²) in [6, 6.07) is 18.6. The van der Waals surface area contributed by atoms with E-state index in [4.69, 9.17) is 4.52 Å². The van der Waals surface area contributed by atoms with Crippen LogP contribution in [0.2, 0.25) is 0 Å². The number of amides is 1. The Morgan fingerprint density at radius 2 is 1.90 bits per heavy atom. The van der Waals surface area contributed by atoms with Crippen LogP contribution in [-0.2, 0) is 17.8 Å². The molecule has 7 heteroatoms. The van der Waals surface area contributed by atoms with E-state index in [1.807, 2.05) is 62.4 Å². The second-order valence-electron chi connectivity index (χ2n) is 7.25. The second-order valence-corrected chi connectivity index (χ2v) is 7.25. The van der Waals surface area contributed by atoms with Crippen LogP contribution in [0.4, 0.5) is 5.69 Å². The van der Waals surface area contributed by atoms with E-state index in [2.05, 4.69) is 15.5 Å². The molecule has 4 aromatic rings. The summed E-state index contributed by atoms with van der Waals surface area (Å²) in [5, 5.41) is 6.81. The summed E-state index contributed by atoms with van der Waals surface area (Å²) in [6.07, 6.45) is 2.44. The topological polar surface area (TPSA) is 90.0 Å². The molecular weight excluding hydrogens is 392 g/mol. The van der Waals surface area contributed by atoms with Crippen molar-refractivity contribution in [3.05, 3.63) is 88.3 Å². The lowest BCUT2D eigenvalue weighted by Gasteiger charge is -2.09. The first-order valence-electron chi connectivity index (χ1n) is 10.0. The normalized spacial score (nSPS) is 10.8. The Balaban J connectivity index is 1.54. The first-order valence-corrected chi connectivity index (χ1v) is 10.0. The Bertz CT molecular complexity index is 1270. The molecule has 2 aromatic heterocycles. The van der Waals surface area contributed by atoms with Crippen molar-refractivity contribution in [2.24, 2.45) is 0 Å². The van der Waals surface area contributed by atoms with E-state index in [-0.39, 0.29) is 29.5 Å². The highest BCUT2D eigenvalue weighted by Crippen LogP contribution is 2.20. The van der Waals surface area contributed by atoms with E-state index >= 15 is 0 Å². The van der Waals surface area contributed by atoms with E-state index in [9.17, 15) is 9.59 Å². The number of nitrogens with zero attached hydrogens (tertiary/aromatic N) is 3. The molecule has 0 aliphatic carbocycles. The van der Waals surface area contributed by atoms with Gasteiger partial charge in [0.05, 0.1) is 0 Å². The summed E-state index contributed by atoms with van der Waals surface area (Å²) < 4.78 is 6.65. The van der Waals surface area contributed by atoms with Crippen LogP contribution in [0.25, 0.3) is 22.8 Å². The van der Waals surface area contributed by atoms with Crippen molar-refractivity contribution < 1.29 is 9.32 Å². The summed E-state index contributed by atoms with van der Waals surface area (Å²) in [4.78, 5) is 29.7. The molecule has 0 saturated heterocycles. The largest absolute Gasteiger partial charge is 0.333 e. The van der Waals surface area contributed by atoms with Crippen LogP contribution < -0.4 is 10.9 Å². The van der Waals surface area contributed by atoms with Gasteiger partial charge in [-0.3, -0.25) is 9.59 Å². The van der Waals surface area contributed by atoms with Gasteiger partial charge < -0.3 is 14.4 Å². The van der Waals surface area contributed by atoms with Crippen molar-refractivity contribution in [2.75, 3.05) is 5.32 Å².